The van der Waals surface area contributed by atoms with Crippen LogP contribution in [0.2, 0.25) is 0 Å². The van der Waals surface area contributed by atoms with Crippen LogP contribution in [-0.2, 0) is 0 Å². The average Bonchev–Trinajstić information content (AvgIpc) is 3.15. The summed E-state index contributed by atoms with van der Waals surface area (Å²) in [6, 6.07) is 57.1. The van der Waals surface area contributed by atoms with E-state index >= 15 is 0 Å². The van der Waals surface area contributed by atoms with E-state index in [9.17, 15) is 5.41 Å². The van der Waals surface area contributed by atoms with Crippen LogP contribution in [0.4, 0.5) is 0 Å². The van der Waals surface area contributed by atoms with Gasteiger partial charge in [-0.05, 0) is 74.5 Å². The van der Waals surface area contributed by atoms with Gasteiger partial charge in [-0.1, -0.05) is 158 Å². The Morgan fingerprint density at radius 1 is 0.583 bits per heavy atom. The lowest BCUT2D eigenvalue weighted by atomic mass is 9.84. The van der Waals surface area contributed by atoms with E-state index in [0.717, 1.165) is 77.5 Å². The fraction of sp³-hybridized carbons (Fsp3) is 0.0217. The van der Waals surface area contributed by atoms with Crippen LogP contribution in [-0.4, -0.2) is 5.71 Å². The molecule has 0 bridgehead atoms. The first-order chi connectivity index (χ1) is 23.7. The van der Waals surface area contributed by atoms with E-state index < -0.39 is 0 Å². The van der Waals surface area contributed by atoms with Gasteiger partial charge in [0.05, 0.1) is 11.4 Å². The van der Waals surface area contributed by atoms with Crippen molar-refractivity contribution < 1.29 is 0 Å². The first-order valence-electron chi connectivity index (χ1n) is 16.3. The average molecular weight is 617 g/mol. The third-order valence-corrected chi connectivity index (χ3v) is 8.66. The summed E-state index contributed by atoms with van der Waals surface area (Å²) in [5.41, 5.74) is 10.8. The molecule has 1 aliphatic rings. The molecule has 230 valence electrons. The molecule has 0 spiro atoms. The number of hydrogen-bond donors (Lipinski definition) is 2. The normalized spacial score (nSPS) is 13.0. The summed E-state index contributed by atoms with van der Waals surface area (Å²) in [5.74, 6) is 0. The summed E-state index contributed by atoms with van der Waals surface area (Å²) < 4.78 is 0. The molecule has 0 saturated heterocycles. The van der Waals surface area contributed by atoms with Crippen molar-refractivity contribution in [3.8, 4) is 11.1 Å². The second kappa shape index (κ2) is 13.6. The first-order valence-corrected chi connectivity index (χ1v) is 16.3. The number of hydrogen-bond acceptors (Lipinski definition) is 2. The number of benzene rings is 7. The molecule has 0 aliphatic carbocycles. The number of nitrogens with one attached hydrogen (secondary N) is 2. The predicted octanol–water partition coefficient (Wildman–Crippen LogP) is 11.9. The van der Waals surface area contributed by atoms with Crippen molar-refractivity contribution in [3.63, 3.8) is 0 Å². The molecule has 48 heavy (non-hydrogen) atoms. The quantitative estimate of drug-likeness (QED) is 0.113. The Balaban J connectivity index is 0.00000117. The Morgan fingerprint density at radius 3 is 1.71 bits per heavy atom. The molecule has 8 rings (SSSR count). The molecule has 1 heterocycles. The van der Waals surface area contributed by atoms with Crippen LogP contribution in [0.3, 0.4) is 0 Å². The van der Waals surface area contributed by atoms with Crippen molar-refractivity contribution in [2.75, 3.05) is 0 Å². The Labute approximate surface area is 282 Å². The summed E-state index contributed by atoms with van der Waals surface area (Å²) >= 11 is 0. The minimum absolute atomic E-state index is 0.488. The maximum Gasteiger partial charge on any atom is 0.0724 e. The van der Waals surface area contributed by atoms with Gasteiger partial charge in [-0.25, -0.2) is 0 Å². The molecule has 0 fully saturated rings. The molecule has 7 aromatic carbocycles. The molecule has 0 radical (unpaired) electrons. The molecule has 2 N–H and O–H groups in total. The molecule has 2 heteroatoms. The van der Waals surface area contributed by atoms with Crippen molar-refractivity contribution >= 4 is 50.3 Å². The lowest BCUT2D eigenvalue weighted by molar-refractivity contribution is 1.22. The van der Waals surface area contributed by atoms with Gasteiger partial charge in [0.2, 0.25) is 0 Å². The smallest absolute Gasteiger partial charge is 0.0724 e. The van der Waals surface area contributed by atoms with Gasteiger partial charge >= 0.3 is 0 Å². The zero-order valence-corrected chi connectivity index (χ0v) is 27.0. The highest BCUT2D eigenvalue weighted by Crippen LogP contribution is 2.40. The van der Waals surface area contributed by atoms with E-state index in [1.54, 1.807) is 6.08 Å². The van der Waals surface area contributed by atoms with Crippen LogP contribution in [0.15, 0.2) is 176 Å². The second-order valence-corrected chi connectivity index (χ2v) is 11.8. The Bertz CT molecular complexity index is 2280. The third kappa shape index (κ3) is 5.88. The zero-order valence-electron chi connectivity index (χ0n) is 27.0. The van der Waals surface area contributed by atoms with Gasteiger partial charge in [-0.2, -0.15) is 0 Å². The minimum atomic E-state index is 0.488. The van der Waals surface area contributed by atoms with Crippen LogP contribution in [0.1, 0.15) is 34.7 Å². The van der Waals surface area contributed by atoms with E-state index in [-0.39, 0.29) is 0 Å². The topological polar surface area (TPSA) is 35.9 Å². The van der Waals surface area contributed by atoms with Crippen molar-refractivity contribution in [2.45, 2.75) is 6.92 Å². The predicted molar refractivity (Wildman–Crippen MR) is 207 cm³/mol. The van der Waals surface area contributed by atoms with Crippen LogP contribution in [0.5, 0.6) is 0 Å². The minimum Gasteiger partial charge on any atom is -0.354 e. The van der Waals surface area contributed by atoms with Crippen LogP contribution < -0.4 is 5.32 Å². The van der Waals surface area contributed by atoms with Gasteiger partial charge in [0.25, 0.3) is 0 Å². The van der Waals surface area contributed by atoms with Crippen LogP contribution in [0.25, 0.3) is 55.7 Å². The van der Waals surface area contributed by atoms with E-state index in [0.29, 0.717) is 5.71 Å². The zero-order chi connectivity index (χ0) is 32.9. The summed E-state index contributed by atoms with van der Waals surface area (Å²) in [5, 5.41) is 18.4. The number of rotatable bonds is 5. The summed E-state index contributed by atoms with van der Waals surface area (Å²) in [7, 11) is 0. The molecule has 7 aromatic rings. The highest BCUT2D eigenvalue weighted by molar-refractivity contribution is 6.41. The number of allylic oxidation sites excluding steroid dienone is 2. The van der Waals surface area contributed by atoms with Gasteiger partial charge < -0.3 is 5.32 Å². The van der Waals surface area contributed by atoms with Crippen molar-refractivity contribution in [1.82, 2.24) is 5.32 Å². The van der Waals surface area contributed by atoms with E-state index in [4.69, 9.17) is 0 Å². The molecule has 0 saturated carbocycles. The van der Waals surface area contributed by atoms with Gasteiger partial charge in [0, 0.05) is 22.4 Å². The van der Waals surface area contributed by atoms with Gasteiger partial charge in [0.1, 0.15) is 0 Å². The first kappa shape index (κ1) is 30.4. The fourth-order valence-corrected chi connectivity index (χ4v) is 6.50. The standard InChI is InChI=1S/C43H30N2.C3H6/c44-42(41-36-22-12-10-20-33(36)26-34-21-11-13-23-37(34)41)40(31-18-8-3-9-19-31)43-38-27-32(29-14-4-1-5-15-29)24-25-35(38)28-39(45-43)30-16-6-2-7-17-30;1-3-2/h1-28,44-45H;3H,1H2,2H3/b43-40-,44-42?;. The second-order valence-electron chi connectivity index (χ2n) is 11.8. The van der Waals surface area contributed by atoms with Gasteiger partial charge in [0.15, 0.2) is 0 Å². The lowest BCUT2D eigenvalue weighted by Crippen LogP contribution is -2.20. The molecular weight excluding hydrogens is 581 g/mol. The van der Waals surface area contributed by atoms with Crippen molar-refractivity contribution in [2.24, 2.45) is 0 Å². The van der Waals surface area contributed by atoms with Crippen molar-refractivity contribution in [3.05, 3.63) is 204 Å². The lowest BCUT2D eigenvalue weighted by Gasteiger charge is -2.27. The Morgan fingerprint density at radius 2 is 1.10 bits per heavy atom. The molecule has 0 amide bonds. The van der Waals surface area contributed by atoms with Gasteiger partial charge in [-0.3, -0.25) is 5.41 Å². The Hall–Kier alpha value is -6.25. The number of fused-ring (bicyclic) bond motifs is 3. The SMILES string of the molecule is C=CC.N=C(/C(=C1\NC(c2ccccc2)=Cc2ccc(-c3ccccc3)cc21)c1ccccc1)c1c2ccccc2cc2ccccc12. The summed E-state index contributed by atoms with van der Waals surface area (Å²) in [4.78, 5) is 0. The Kier molecular flexibility index (Phi) is 8.63. The van der Waals surface area contributed by atoms with E-state index in [2.05, 4.69) is 164 Å². The fourth-order valence-electron chi connectivity index (χ4n) is 6.50. The van der Waals surface area contributed by atoms with Crippen LogP contribution >= 0.6 is 0 Å². The third-order valence-electron chi connectivity index (χ3n) is 8.66. The highest BCUT2D eigenvalue weighted by Gasteiger charge is 2.26. The molecule has 0 aromatic heterocycles. The molecule has 0 unspecified atom stereocenters. The maximum absolute atomic E-state index is 10.1. The molecule has 2 nitrogen and oxygen atoms in total. The van der Waals surface area contributed by atoms with Crippen molar-refractivity contribution in [1.29, 1.82) is 5.41 Å². The summed E-state index contributed by atoms with van der Waals surface area (Å²) in [6.45, 7) is 5.25. The van der Waals surface area contributed by atoms with Crippen LogP contribution in [0, 0.1) is 5.41 Å². The largest absolute Gasteiger partial charge is 0.354 e. The summed E-state index contributed by atoms with van der Waals surface area (Å²) in [6.07, 6.45) is 3.97. The molecule has 0 atom stereocenters. The monoisotopic (exact) mass is 616 g/mol. The van der Waals surface area contributed by atoms with E-state index in [1.807, 2.05) is 25.1 Å². The van der Waals surface area contributed by atoms with Gasteiger partial charge in [-0.15, -0.1) is 6.58 Å². The molecular formula is C46H36N2. The molecule has 1 aliphatic heterocycles. The highest BCUT2D eigenvalue weighted by atomic mass is 14.9. The maximum atomic E-state index is 10.1. The van der Waals surface area contributed by atoms with E-state index in [1.165, 1.54) is 0 Å².